The van der Waals surface area contributed by atoms with E-state index in [9.17, 15) is 0 Å². The topological polar surface area (TPSA) is 44.9 Å². The standard InChI is InChI=1S/C27H18Cl2N2O3/c1-30-25-23(28)22(18-6-5-7-19(16-18)27-32-14-15-33-27)26(29)31-24(25)17-10-12-21(13-11-17)34-20-8-3-2-4-9-20/h2-13,16,27H,14-15H2. The van der Waals surface area contributed by atoms with E-state index in [1.54, 1.807) is 0 Å². The van der Waals surface area contributed by atoms with Crippen molar-refractivity contribution in [3.8, 4) is 33.9 Å². The van der Waals surface area contributed by atoms with Crippen LogP contribution in [0.1, 0.15) is 11.9 Å². The third kappa shape index (κ3) is 4.50. The Bertz CT molecular complexity index is 1360. The molecule has 0 saturated carbocycles. The largest absolute Gasteiger partial charge is 0.457 e. The molecule has 0 bridgehead atoms. The van der Waals surface area contributed by atoms with Gasteiger partial charge in [0.2, 0.25) is 5.69 Å². The second kappa shape index (κ2) is 9.84. The summed E-state index contributed by atoms with van der Waals surface area (Å²) in [5, 5.41) is 0.461. The summed E-state index contributed by atoms with van der Waals surface area (Å²) in [4.78, 5) is 8.24. The van der Waals surface area contributed by atoms with Crippen LogP contribution in [0.15, 0.2) is 78.9 Å². The van der Waals surface area contributed by atoms with E-state index >= 15 is 0 Å². The fraction of sp³-hybridized carbons (Fsp3) is 0.111. The zero-order chi connectivity index (χ0) is 23.5. The van der Waals surface area contributed by atoms with E-state index in [0.717, 1.165) is 16.9 Å². The number of aromatic nitrogens is 1. The van der Waals surface area contributed by atoms with Gasteiger partial charge in [-0.25, -0.2) is 9.83 Å². The van der Waals surface area contributed by atoms with Gasteiger partial charge in [0.25, 0.3) is 0 Å². The molecule has 1 fully saturated rings. The fourth-order valence-electron chi connectivity index (χ4n) is 3.77. The summed E-state index contributed by atoms with van der Waals surface area (Å²) in [7, 11) is 0. The smallest absolute Gasteiger partial charge is 0.231 e. The molecule has 1 aliphatic heterocycles. The molecule has 7 heteroatoms. The number of pyridine rings is 1. The van der Waals surface area contributed by atoms with E-state index in [2.05, 4.69) is 9.83 Å². The van der Waals surface area contributed by atoms with Gasteiger partial charge in [-0.15, -0.1) is 0 Å². The van der Waals surface area contributed by atoms with Crippen LogP contribution in [0.5, 0.6) is 11.5 Å². The number of hydrogen-bond donors (Lipinski definition) is 0. The van der Waals surface area contributed by atoms with Crippen molar-refractivity contribution in [1.82, 2.24) is 4.98 Å². The number of hydrogen-bond acceptors (Lipinski definition) is 4. The Labute approximate surface area is 207 Å². The first-order chi connectivity index (χ1) is 16.6. The van der Waals surface area contributed by atoms with Gasteiger partial charge in [-0.2, -0.15) is 0 Å². The van der Waals surface area contributed by atoms with E-state index in [1.807, 2.05) is 78.9 Å². The molecular formula is C27H18Cl2N2O3. The van der Waals surface area contributed by atoms with Crippen molar-refractivity contribution in [3.05, 3.63) is 106 Å². The fourth-order valence-corrected chi connectivity index (χ4v) is 4.43. The van der Waals surface area contributed by atoms with Gasteiger partial charge in [-0.05, 0) is 41.5 Å². The van der Waals surface area contributed by atoms with Crippen LogP contribution in [-0.4, -0.2) is 18.2 Å². The van der Waals surface area contributed by atoms with Gasteiger partial charge in [0.1, 0.15) is 16.7 Å². The molecule has 3 aromatic carbocycles. The van der Waals surface area contributed by atoms with Gasteiger partial charge < -0.3 is 14.2 Å². The van der Waals surface area contributed by atoms with Crippen molar-refractivity contribution in [2.45, 2.75) is 6.29 Å². The predicted molar refractivity (Wildman–Crippen MR) is 133 cm³/mol. The number of halogens is 2. The van der Waals surface area contributed by atoms with Crippen LogP contribution in [0.25, 0.3) is 27.2 Å². The minimum Gasteiger partial charge on any atom is -0.457 e. The molecule has 0 N–H and O–H groups in total. The summed E-state index contributed by atoms with van der Waals surface area (Å²) in [5.41, 5.74) is 3.45. The zero-order valence-electron chi connectivity index (χ0n) is 17.9. The summed E-state index contributed by atoms with van der Waals surface area (Å²) < 4.78 is 17.0. The Morgan fingerprint density at radius 1 is 0.853 bits per heavy atom. The Morgan fingerprint density at radius 3 is 2.26 bits per heavy atom. The molecule has 34 heavy (non-hydrogen) atoms. The summed E-state index contributed by atoms with van der Waals surface area (Å²) in [6, 6.07) is 24.4. The molecule has 2 heterocycles. The molecule has 4 aromatic rings. The van der Waals surface area contributed by atoms with Crippen molar-refractivity contribution >= 4 is 28.9 Å². The molecule has 0 radical (unpaired) electrons. The van der Waals surface area contributed by atoms with E-state index in [1.165, 1.54) is 0 Å². The van der Waals surface area contributed by atoms with E-state index in [0.29, 0.717) is 35.8 Å². The van der Waals surface area contributed by atoms with Crippen molar-refractivity contribution < 1.29 is 14.2 Å². The quantitative estimate of drug-likeness (QED) is 0.210. The maximum atomic E-state index is 7.77. The maximum Gasteiger partial charge on any atom is 0.231 e. The van der Waals surface area contributed by atoms with Crippen LogP contribution >= 0.6 is 23.2 Å². The highest BCUT2D eigenvalue weighted by Gasteiger charge is 2.23. The van der Waals surface area contributed by atoms with Gasteiger partial charge in [0.05, 0.1) is 30.5 Å². The van der Waals surface area contributed by atoms with Crippen LogP contribution in [0, 0.1) is 6.57 Å². The molecule has 0 spiro atoms. The Balaban J connectivity index is 1.50. The van der Waals surface area contributed by atoms with Crippen LogP contribution in [0.3, 0.4) is 0 Å². The van der Waals surface area contributed by atoms with Crippen LogP contribution in [0.4, 0.5) is 5.69 Å². The van der Waals surface area contributed by atoms with E-state index in [-0.39, 0.29) is 15.9 Å². The molecule has 5 nitrogen and oxygen atoms in total. The summed E-state index contributed by atoms with van der Waals surface area (Å²) in [6.45, 7) is 8.86. The molecule has 5 rings (SSSR count). The van der Waals surface area contributed by atoms with Crippen molar-refractivity contribution in [1.29, 1.82) is 0 Å². The molecular weight excluding hydrogens is 471 g/mol. The second-order valence-electron chi connectivity index (χ2n) is 7.54. The highest BCUT2D eigenvalue weighted by atomic mass is 35.5. The number of ether oxygens (including phenoxy) is 3. The third-order valence-corrected chi connectivity index (χ3v) is 6.00. The highest BCUT2D eigenvalue weighted by molar-refractivity contribution is 6.41. The minimum absolute atomic E-state index is 0.211. The highest BCUT2D eigenvalue weighted by Crippen LogP contribution is 2.45. The van der Waals surface area contributed by atoms with E-state index < -0.39 is 6.29 Å². The van der Waals surface area contributed by atoms with Gasteiger partial charge in [-0.3, -0.25) is 0 Å². The second-order valence-corrected chi connectivity index (χ2v) is 8.28. The number of rotatable bonds is 5. The molecule has 0 amide bonds. The lowest BCUT2D eigenvalue weighted by atomic mass is 10.0. The zero-order valence-corrected chi connectivity index (χ0v) is 19.4. The summed E-state index contributed by atoms with van der Waals surface area (Å²) >= 11 is 13.3. The minimum atomic E-state index is -0.429. The summed E-state index contributed by atoms with van der Waals surface area (Å²) in [5.74, 6) is 1.41. The van der Waals surface area contributed by atoms with Crippen LogP contribution in [0.2, 0.25) is 10.2 Å². The lowest BCUT2D eigenvalue weighted by molar-refractivity contribution is -0.0440. The van der Waals surface area contributed by atoms with Crippen LogP contribution < -0.4 is 4.74 Å². The first-order valence-corrected chi connectivity index (χ1v) is 11.3. The van der Waals surface area contributed by atoms with Crippen molar-refractivity contribution in [2.24, 2.45) is 0 Å². The Hall–Kier alpha value is -3.40. The number of nitrogens with zero attached hydrogens (tertiary/aromatic N) is 2. The summed E-state index contributed by atoms with van der Waals surface area (Å²) in [6.07, 6.45) is -0.429. The van der Waals surface area contributed by atoms with E-state index in [4.69, 9.17) is 44.0 Å². The Kier molecular flexibility index (Phi) is 6.48. The monoisotopic (exact) mass is 488 g/mol. The normalized spacial score (nSPS) is 13.6. The van der Waals surface area contributed by atoms with Crippen LogP contribution in [-0.2, 0) is 9.47 Å². The van der Waals surface area contributed by atoms with Crippen molar-refractivity contribution in [3.63, 3.8) is 0 Å². The predicted octanol–water partition coefficient (Wildman–Crippen LogP) is 8.11. The Morgan fingerprint density at radius 2 is 1.56 bits per heavy atom. The lowest BCUT2D eigenvalue weighted by Crippen LogP contribution is -1.98. The van der Waals surface area contributed by atoms with Gasteiger partial charge in [0, 0.05) is 11.1 Å². The molecule has 168 valence electrons. The first-order valence-electron chi connectivity index (χ1n) is 10.6. The first kappa shape index (κ1) is 22.4. The molecule has 1 saturated heterocycles. The lowest BCUT2D eigenvalue weighted by Gasteiger charge is -2.15. The average molecular weight is 489 g/mol. The third-order valence-electron chi connectivity index (χ3n) is 5.36. The average Bonchev–Trinajstić information content (AvgIpc) is 3.40. The molecule has 0 unspecified atom stereocenters. The molecule has 0 aliphatic carbocycles. The number of para-hydroxylation sites is 1. The molecule has 1 aliphatic rings. The van der Waals surface area contributed by atoms with Crippen molar-refractivity contribution in [2.75, 3.05) is 13.2 Å². The van der Waals surface area contributed by atoms with Gasteiger partial charge in [0.15, 0.2) is 6.29 Å². The van der Waals surface area contributed by atoms with Gasteiger partial charge in [-0.1, -0.05) is 71.7 Å². The van der Waals surface area contributed by atoms with Gasteiger partial charge >= 0.3 is 0 Å². The molecule has 1 aromatic heterocycles. The number of benzene rings is 3. The SMILES string of the molecule is [C-]#[N+]c1c(-c2ccc(Oc3ccccc3)cc2)nc(Cl)c(-c2cccc(C3OCCO3)c2)c1Cl. The molecule has 0 atom stereocenters. The maximum absolute atomic E-state index is 7.77.